The molecule has 0 saturated carbocycles. The van der Waals surface area contributed by atoms with Gasteiger partial charge in [0.05, 0.1) is 23.8 Å². The number of aryl methyl sites for hydroxylation is 1. The molecule has 1 fully saturated rings. The minimum atomic E-state index is 0.625. The lowest BCUT2D eigenvalue weighted by Crippen LogP contribution is -2.33. The van der Waals surface area contributed by atoms with Gasteiger partial charge in [-0.2, -0.15) is 0 Å². The second-order valence-corrected chi connectivity index (χ2v) is 8.45. The van der Waals surface area contributed by atoms with Gasteiger partial charge < -0.3 is 14.2 Å². The molecule has 0 spiro atoms. The third-order valence-corrected chi connectivity index (χ3v) is 6.19. The van der Waals surface area contributed by atoms with Gasteiger partial charge in [-0.25, -0.2) is 4.98 Å². The molecule has 33 heavy (non-hydrogen) atoms. The van der Waals surface area contributed by atoms with Gasteiger partial charge in [-0.3, -0.25) is 9.88 Å². The fourth-order valence-corrected chi connectivity index (χ4v) is 4.37. The summed E-state index contributed by atoms with van der Waals surface area (Å²) in [7, 11) is 1.66. The van der Waals surface area contributed by atoms with Crippen LogP contribution in [-0.2, 0) is 0 Å². The third-order valence-electron chi connectivity index (χ3n) is 6.19. The standard InChI is InChI=1S/C27H29N3O3/c1-19-25(16-20-8-4-5-9-22(20)29-19)33-24-10-11-28-23-18-27(26(31-2)17-21(23)24)32-15-14-30-12-6-3-7-13-30/h4-5,8-11,16-18H,3,6-7,12-15H2,1-2H3. The molecule has 0 amide bonds. The molecule has 170 valence electrons. The quantitative estimate of drug-likeness (QED) is 0.362. The van der Waals surface area contributed by atoms with Crippen LogP contribution in [0.2, 0.25) is 0 Å². The van der Waals surface area contributed by atoms with Crippen molar-refractivity contribution < 1.29 is 14.2 Å². The van der Waals surface area contributed by atoms with E-state index in [9.17, 15) is 0 Å². The lowest BCUT2D eigenvalue weighted by Gasteiger charge is -2.26. The summed E-state index contributed by atoms with van der Waals surface area (Å²) >= 11 is 0. The van der Waals surface area contributed by atoms with Gasteiger partial charge in [-0.1, -0.05) is 24.6 Å². The van der Waals surface area contributed by atoms with Crippen molar-refractivity contribution in [3.63, 3.8) is 0 Å². The summed E-state index contributed by atoms with van der Waals surface area (Å²) in [6, 6.07) is 15.8. The van der Waals surface area contributed by atoms with Crippen molar-refractivity contribution in [2.45, 2.75) is 26.2 Å². The highest BCUT2D eigenvalue weighted by Gasteiger charge is 2.15. The highest BCUT2D eigenvalue weighted by molar-refractivity contribution is 5.88. The molecule has 0 bridgehead atoms. The molecule has 0 atom stereocenters. The molecule has 2 aromatic carbocycles. The van der Waals surface area contributed by atoms with E-state index >= 15 is 0 Å². The maximum atomic E-state index is 6.32. The van der Waals surface area contributed by atoms with Gasteiger partial charge in [0.2, 0.25) is 0 Å². The summed E-state index contributed by atoms with van der Waals surface area (Å²) in [4.78, 5) is 11.7. The first kappa shape index (κ1) is 21.5. The van der Waals surface area contributed by atoms with Crippen LogP contribution in [0.1, 0.15) is 25.0 Å². The number of piperidine rings is 1. The molecule has 2 aromatic heterocycles. The van der Waals surface area contributed by atoms with Gasteiger partial charge in [0.15, 0.2) is 11.5 Å². The van der Waals surface area contributed by atoms with E-state index in [0.29, 0.717) is 23.9 Å². The second kappa shape index (κ2) is 9.63. The van der Waals surface area contributed by atoms with Crippen molar-refractivity contribution in [1.82, 2.24) is 14.9 Å². The Morgan fingerprint density at radius 3 is 2.58 bits per heavy atom. The zero-order valence-electron chi connectivity index (χ0n) is 19.2. The van der Waals surface area contributed by atoms with Crippen LogP contribution in [0.5, 0.6) is 23.0 Å². The van der Waals surface area contributed by atoms with E-state index in [1.165, 1.54) is 19.3 Å². The largest absolute Gasteiger partial charge is 0.493 e. The van der Waals surface area contributed by atoms with E-state index in [0.717, 1.165) is 52.9 Å². The van der Waals surface area contributed by atoms with Gasteiger partial charge >= 0.3 is 0 Å². The van der Waals surface area contributed by atoms with Crippen molar-refractivity contribution in [3.05, 3.63) is 60.4 Å². The summed E-state index contributed by atoms with van der Waals surface area (Å²) < 4.78 is 18.1. The van der Waals surface area contributed by atoms with Crippen molar-refractivity contribution in [2.75, 3.05) is 33.4 Å². The van der Waals surface area contributed by atoms with E-state index in [-0.39, 0.29) is 0 Å². The summed E-state index contributed by atoms with van der Waals surface area (Å²) in [6.45, 7) is 5.82. The Morgan fingerprint density at radius 1 is 0.879 bits per heavy atom. The molecule has 5 rings (SSSR count). The number of fused-ring (bicyclic) bond motifs is 2. The first-order valence-corrected chi connectivity index (χ1v) is 11.6. The van der Waals surface area contributed by atoms with Gasteiger partial charge in [0, 0.05) is 29.6 Å². The number of benzene rings is 2. The van der Waals surface area contributed by atoms with Crippen LogP contribution in [0.4, 0.5) is 0 Å². The zero-order valence-corrected chi connectivity index (χ0v) is 19.2. The Kier molecular flexibility index (Phi) is 6.26. The molecule has 1 saturated heterocycles. The number of pyridine rings is 2. The highest BCUT2D eigenvalue weighted by Crippen LogP contribution is 2.38. The summed E-state index contributed by atoms with van der Waals surface area (Å²) in [5.41, 5.74) is 2.59. The van der Waals surface area contributed by atoms with Crippen LogP contribution in [0.3, 0.4) is 0 Å². The number of nitrogens with zero attached hydrogens (tertiary/aromatic N) is 3. The van der Waals surface area contributed by atoms with Gasteiger partial charge in [-0.05, 0) is 57.1 Å². The van der Waals surface area contributed by atoms with Crippen molar-refractivity contribution >= 4 is 21.8 Å². The average molecular weight is 444 g/mol. The Balaban J connectivity index is 1.40. The topological polar surface area (TPSA) is 56.7 Å². The Labute approximate surface area is 194 Å². The van der Waals surface area contributed by atoms with Crippen LogP contribution in [0.15, 0.2) is 54.7 Å². The molecule has 0 radical (unpaired) electrons. The minimum Gasteiger partial charge on any atom is -0.493 e. The van der Waals surface area contributed by atoms with E-state index < -0.39 is 0 Å². The fourth-order valence-electron chi connectivity index (χ4n) is 4.37. The molecule has 1 aliphatic heterocycles. The van der Waals surface area contributed by atoms with Crippen LogP contribution < -0.4 is 14.2 Å². The Hall–Kier alpha value is -3.38. The second-order valence-electron chi connectivity index (χ2n) is 8.45. The van der Waals surface area contributed by atoms with Crippen molar-refractivity contribution in [3.8, 4) is 23.0 Å². The van der Waals surface area contributed by atoms with Crippen LogP contribution in [0, 0.1) is 6.92 Å². The molecule has 4 aromatic rings. The molecular weight excluding hydrogens is 414 g/mol. The maximum Gasteiger partial charge on any atom is 0.163 e. The number of para-hydroxylation sites is 1. The minimum absolute atomic E-state index is 0.625. The van der Waals surface area contributed by atoms with E-state index in [4.69, 9.17) is 14.2 Å². The monoisotopic (exact) mass is 443 g/mol. The molecule has 0 N–H and O–H groups in total. The smallest absolute Gasteiger partial charge is 0.163 e. The average Bonchev–Trinajstić information content (AvgIpc) is 2.85. The Bertz CT molecular complexity index is 1270. The molecule has 1 aliphatic rings. The van der Waals surface area contributed by atoms with E-state index in [2.05, 4.69) is 14.9 Å². The number of likely N-dealkylation sites (tertiary alicyclic amines) is 1. The SMILES string of the molecule is COc1cc2c(Oc3cc4ccccc4nc3C)ccnc2cc1OCCN1CCCCC1. The van der Waals surface area contributed by atoms with E-state index in [1.54, 1.807) is 13.3 Å². The lowest BCUT2D eigenvalue weighted by atomic mass is 10.1. The summed E-state index contributed by atoms with van der Waals surface area (Å²) in [5.74, 6) is 2.81. The fraction of sp³-hybridized carbons (Fsp3) is 0.333. The van der Waals surface area contributed by atoms with Crippen LogP contribution in [0.25, 0.3) is 21.8 Å². The van der Waals surface area contributed by atoms with Crippen LogP contribution in [-0.4, -0.2) is 48.2 Å². The number of methoxy groups -OCH3 is 1. The van der Waals surface area contributed by atoms with Gasteiger partial charge in [0.1, 0.15) is 18.1 Å². The van der Waals surface area contributed by atoms with Gasteiger partial charge in [-0.15, -0.1) is 0 Å². The number of hydrogen-bond acceptors (Lipinski definition) is 6. The summed E-state index contributed by atoms with van der Waals surface area (Å²) in [6.07, 6.45) is 5.64. The Morgan fingerprint density at radius 2 is 1.73 bits per heavy atom. The number of hydrogen-bond donors (Lipinski definition) is 0. The zero-order chi connectivity index (χ0) is 22.6. The molecule has 3 heterocycles. The van der Waals surface area contributed by atoms with Gasteiger partial charge in [0.25, 0.3) is 0 Å². The predicted molar refractivity (Wildman–Crippen MR) is 131 cm³/mol. The normalized spacial score (nSPS) is 14.5. The molecule has 0 aliphatic carbocycles. The lowest BCUT2D eigenvalue weighted by molar-refractivity contribution is 0.181. The number of ether oxygens (including phenoxy) is 3. The highest BCUT2D eigenvalue weighted by atomic mass is 16.5. The number of aromatic nitrogens is 2. The maximum absolute atomic E-state index is 6.32. The first-order valence-electron chi connectivity index (χ1n) is 11.6. The predicted octanol–water partition coefficient (Wildman–Crippen LogP) is 5.76. The third kappa shape index (κ3) is 4.71. The summed E-state index contributed by atoms with van der Waals surface area (Å²) in [5, 5.41) is 1.91. The van der Waals surface area contributed by atoms with Crippen molar-refractivity contribution in [2.24, 2.45) is 0 Å². The molecule has 6 heteroatoms. The molecule has 0 unspecified atom stereocenters. The number of rotatable bonds is 7. The van der Waals surface area contributed by atoms with Crippen molar-refractivity contribution in [1.29, 1.82) is 0 Å². The van der Waals surface area contributed by atoms with Crippen LogP contribution >= 0.6 is 0 Å². The molecular formula is C27H29N3O3. The molecule has 6 nitrogen and oxygen atoms in total. The van der Waals surface area contributed by atoms with E-state index in [1.807, 2.05) is 55.5 Å². The first-order chi connectivity index (χ1) is 16.2.